The Balaban J connectivity index is 1.62. The van der Waals surface area contributed by atoms with E-state index in [1.54, 1.807) is 7.11 Å². The second-order valence-corrected chi connectivity index (χ2v) is 6.81. The molecular formula is C20H21N3O2S. The van der Waals surface area contributed by atoms with E-state index < -0.39 is 0 Å². The van der Waals surface area contributed by atoms with E-state index in [-0.39, 0.29) is 12.6 Å². The first-order valence-corrected chi connectivity index (χ1v) is 9.02. The highest BCUT2D eigenvalue weighted by Gasteiger charge is 2.30. The van der Waals surface area contributed by atoms with Crippen LogP contribution in [0.25, 0.3) is 10.9 Å². The number of hydrogen-bond donors (Lipinski definition) is 3. The van der Waals surface area contributed by atoms with Crippen LogP contribution in [0.4, 0.5) is 5.69 Å². The van der Waals surface area contributed by atoms with Gasteiger partial charge in [-0.05, 0) is 42.4 Å². The second kappa shape index (κ2) is 6.97. The number of nitrogens with zero attached hydrogens (tertiary/aromatic N) is 1. The van der Waals surface area contributed by atoms with Gasteiger partial charge in [-0.25, -0.2) is 0 Å². The second-order valence-electron chi connectivity index (χ2n) is 6.43. The lowest BCUT2D eigenvalue weighted by molar-refractivity contribution is 0.167. The Labute approximate surface area is 157 Å². The number of methoxy groups -OCH3 is 1. The van der Waals surface area contributed by atoms with Gasteiger partial charge < -0.3 is 25.0 Å². The van der Waals surface area contributed by atoms with Crippen LogP contribution in [-0.2, 0) is 13.0 Å². The SMILES string of the molecule is COc1ccccc1NC(=S)N1Cc2[nH]c3ccccc3c2CC1CO. The summed E-state index contributed by atoms with van der Waals surface area (Å²) < 4.78 is 5.39. The first-order chi connectivity index (χ1) is 12.7. The smallest absolute Gasteiger partial charge is 0.174 e. The molecule has 3 aromatic rings. The number of aliphatic hydroxyl groups excluding tert-OH is 1. The van der Waals surface area contributed by atoms with Crippen molar-refractivity contribution < 1.29 is 9.84 Å². The van der Waals surface area contributed by atoms with Crippen LogP contribution < -0.4 is 10.1 Å². The normalized spacial score (nSPS) is 16.4. The van der Waals surface area contributed by atoms with Gasteiger partial charge in [-0.15, -0.1) is 0 Å². The summed E-state index contributed by atoms with van der Waals surface area (Å²) in [5, 5.41) is 15.0. The number of thiocarbonyl (C=S) groups is 1. The molecule has 0 saturated heterocycles. The van der Waals surface area contributed by atoms with Gasteiger partial charge in [-0.1, -0.05) is 30.3 Å². The highest BCUT2D eigenvalue weighted by atomic mass is 32.1. The Morgan fingerprint density at radius 3 is 2.85 bits per heavy atom. The third kappa shape index (κ3) is 2.91. The number of anilines is 1. The van der Waals surface area contributed by atoms with Gasteiger partial charge in [0.2, 0.25) is 0 Å². The van der Waals surface area contributed by atoms with E-state index in [0.29, 0.717) is 11.7 Å². The number of fused-ring (bicyclic) bond motifs is 3. The van der Waals surface area contributed by atoms with Crippen molar-refractivity contribution in [3.05, 3.63) is 59.8 Å². The molecule has 5 nitrogen and oxygen atoms in total. The lowest BCUT2D eigenvalue weighted by atomic mass is 9.97. The van der Waals surface area contributed by atoms with Crippen LogP contribution in [0, 0.1) is 0 Å². The third-order valence-electron chi connectivity index (χ3n) is 4.93. The minimum atomic E-state index is -0.0589. The molecule has 2 aromatic carbocycles. The van der Waals surface area contributed by atoms with Gasteiger partial charge in [-0.3, -0.25) is 0 Å². The zero-order valence-corrected chi connectivity index (χ0v) is 15.3. The summed E-state index contributed by atoms with van der Waals surface area (Å²) in [7, 11) is 1.64. The molecule has 0 saturated carbocycles. The summed E-state index contributed by atoms with van der Waals surface area (Å²) in [6.07, 6.45) is 0.754. The number of H-pyrrole nitrogens is 1. The van der Waals surface area contributed by atoms with Gasteiger partial charge in [-0.2, -0.15) is 0 Å². The van der Waals surface area contributed by atoms with Crippen molar-refractivity contribution in [1.82, 2.24) is 9.88 Å². The van der Waals surface area contributed by atoms with E-state index >= 15 is 0 Å². The average molecular weight is 367 g/mol. The van der Waals surface area contributed by atoms with Crippen molar-refractivity contribution in [2.75, 3.05) is 19.0 Å². The fourth-order valence-corrected chi connectivity index (χ4v) is 3.93. The van der Waals surface area contributed by atoms with Crippen LogP contribution >= 0.6 is 12.2 Å². The highest BCUT2D eigenvalue weighted by molar-refractivity contribution is 7.80. The van der Waals surface area contributed by atoms with E-state index in [9.17, 15) is 5.11 Å². The molecule has 1 aliphatic heterocycles. The summed E-state index contributed by atoms with van der Waals surface area (Å²) >= 11 is 5.65. The van der Waals surface area contributed by atoms with Crippen LogP contribution in [-0.4, -0.2) is 39.9 Å². The molecule has 6 heteroatoms. The predicted octanol–water partition coefficient (Wildman–Crippen LogP) is 3.29. The fraction of sp³-hybridized carbons (Fsp3) is 0.250. The maximum absolute atomic E-state index is 9.95. The number of para-hydroxylation sites is 3. The van der Waals surface area contributed by atoms with Crippen molar-refractivity contribution in [3.8, 4) is 5.75 Å². The Hall–Kier alpha value is -2.57. The Bertz CT molecular complexity index is 953. The Kier molecular flexibility index (Phi) is 4.53. The molecule has 0 amide bonds. The molecule has 1 aliphatic rings. The summed E-state index contributed by atoms with van der Waals surface area (Å²) in [5.74, 6) is 0.735. The van der Waals surface area contributed by atoms with Gasteiger partial charge in [0, 0.05) is 16.6 Å². The van der Waals surface area contributed by atoms with E-state index in [0.717, 1.165) is 29.1 Å². The zero-order valence-electron chi connectivity index (χ0n) is 14.5. The molecule has 0 spiro atoms. The van der Waals surface area contributed by atoms with Gasteiger partial charge in [0.25, 0.3) is 0 Å². The lowest BCUT2D eigenvalue weighted by Gasteiger charge is -2.36. The van der Waals surface area contributed by atoms with Gasteiger partial charge in [0.15, 0.2) is 5.11 Å². The molecule has 4 rings (SSSR count). The molecule has 0 aliphatic carbocycles. The number of aromatic nitrogens is 1. The molecule has 1 unspecified atom stereocenters. The van der Waals surface area contributed by atoms with E-state index in [2.05, 4.69) is 22.4 Å². The van der Waals surface area contributed by atoms with E-state index in [1.807, 2.05) is 41.3 Å². The number of aromatic amines is 1. The number of hydrogen-bond acceptors (Lipinski definition) is 3. The van der Waals surface area contributed by atoms with Crippen molar-refractivity contribution in [2.45, 2.75) is 19.0 Å². The highest BCUT2D eigenvalue weighted by Crippen LogP contribution is 2.31. The minimum absolute atomic E-state index is 0.0483. The minimum Gasteiger partial charge on any atom is -0.495 e. The first-order valence-electron chi connectivity index (χ1n) is 8.61. The molecule has 3 N–H and O–H groups in total. The molecule has 0 fully saturated rings. The van der Waals surface area contributed by atoms with Crippen LogP contribution in [0.2, 0.25) is 0 Å². The summed E-state index contributed by atoms with van der Waals surface area (Å²) in [6.45, 7) is 0.683. The van der Waals surface area contributed by atoms with Crippen molar-refractivity contribution in [2.24, 2.45) is 0 Å². The summed E-state index contributed by atoms with van der Waals surface area (Å²) in [6, 6.07) is 15.9. The van der Waals surface area contributed by atoms with Crippen LogP contribution in [0.15, 0.2) is 48.5 Å². The lowest BCUT2D eigenvalue weighted by Crippen LogP contribution is -2.48. The molecule has 26 heavy (non-hydrogen) atoms. The summed E-state index contributed by atoms with van der Waals surface area (Å²) in [5.41, 5.74) is 4.37. The Morgan fingerprint density at radius 2 is 2.04 bits per heavy atom. The van der Waals surface area contributed by atoms with E-state index in [1.165, 1.54) is 10.9 Å². The Morgan fingerprint density at radius 1 is 1.27 bits per heavy atom. The topological polar surface area (TPSA) is 60.5 Å². The van der Waals surface area contributed by atoms with Crippen LogP contribution in [0.5, 0.6) is 5.75 Å². The maximum atomic E-state index is 9.95. The van der Waals surface area contributed by atoms with E-state index in [4.69, 9.17) is 17.0 Å². The van der Waals surface area contributed by atoms with Gasteiger partial charge in [0.05, 0.1) is 32.0 Å². The fourth-order valence-electron chi connectivity index (χ4n) is 3.60. The van der Waals surface area contributed by atoms with Gasteiger partial charge in [0.1, 0.15) is 5.75 Å². The summed E-state index contributed by atoms with van der Waals surface area (Å²) in [4.78, 5) is 5.54. The molecule has 0 bridgehead atoms. The molecule has 1 aromatic heterocycles. The first kappa shape index (κ1) is 16.9. The van der Waals surface area contributed by atoms with Crippen molar-refractivity contribution >= 4 is 33.9 Å². The van der Waals surface area contributed by atoms with Crippen molar-refractivity contribution in [1.29, 1.82) is 0 Å². The average Bonchev–Trinajstić information content (AvgIpc) is 3.04. The number of ether oxygens (including phenoxy) is 1. The molecule has 1 atom stereocenters. The predicted molar refractivity (Wildman–Crippen MR) is 108 cm³/mol. The standard InChI is InChI=1S/C20H21N3O2S/c1-25-19-9-5-4-8-17(19)22-20(26)23-11-18-15(10-13(23)12-24)14-6-2-3-7-16(14)21-18/h2-9,13,21,24H,10-12H2,1H3,(H,22,26). The monoisotopic (exact) mass is 367 g/mol. The molecular weight excluding hydrogens is 346 g/mol. The molecule has 0 radical (unpaired) electrons. The number of benzene rings is 2. The molecule has 2 heterocycles. The van der Waals surface area contributed by atoms with Gasteiger partial charge >= 0.3 is 0 Å². The van der Waals surface area contributed by atoms with Crippen molar-refractivity contribution in [3.63, 3.8) is 0 Å². The number of aliphatic hydroxyl groups is 1. The number of rotatable bonds is 3. The molecule has 134 valence electrons. The largest absolute Gasteiger partial charge is 0.495 e. The quantitative estimate of drug-likeness (QED) is 0.620. The number of nitrogens with one attached hydrogen (secondary N) is 2. The zero-order chi connectivity index (χ0) is 18.1. The van der Waals surface area contributed by atoms with Crippen LogP contribution in [0.3, 0.4) is 0 Å². The third-order valence-corrected chi connectivity index (χ3v) is 5.27. The van der Waals surface area contributed by atoms with Crippen LogP contribution in [0.1, 0.15) is 11.3 Å². The maximum Gasteiger partial charge on any atom is 0.174 e.